The molecule has 1 saturated carbocycles. The highest BCUT2D eigenvalue weighted by molar-refractivity contribution is 7.03. The number of hydrogen-bond acceptors (Lipinski definition) is 5. The summed E-state index contributed by atoms with van der Waals surface area (Å²) >= 11 is 7.15. The van der Waals surface area contributed by atoms with Gasteiger partial charge in [-0.1, -0.05) is 35.1 Å². The number of nitrogens with zero attached hydrogens (tertiary/aromatic N) is 3. The fraction of sp³-hybridized carbons (Fsp3) is 0.474. The van der Waals surface area contributed by atoms with E-state index in [-0.39, 0.29) is 29.1 Å². The van der Waals surface area contributed by atoms with E-state index in [9.17, 15) is 9.59 Å². The summed E-state index contributed by atoms with van der Waals surface area (Å²) in [5, 5.41) is 9.19. The third-order valence-corrected chi connectivity index (χ3v) is 5.57. The SMILES string of the molecule is CCC(C)(C)NC(=O)C(c1ccc(Cl)cc1)N(C(=O)c1csnn1)C1CC1. The molecule has 0 aliphatic heterocycles. The van der Waals surface area contributed by atoms with E-state index >= 15 is 0 Å². The molecule has 1 fully saturated rings. The fourth-order valence-corrected chi connectivity index (χ4v) is 3.37. The van der Waals surface area contributed by atoms with Crippen LogP contribution in [-0.2, 0) is 4.79 Å². The van der Waals surface area contributed by atoms with Gasteiger partial charge < -0.3 is 10.2 Å². The standard InChI is InChI=1S/C19H23ClN4O2S/c1-4-19(2,3)21-17(25)16(12-5-7-13(20)8-6-12)24(14-9-10-14)18(26)15-11-27-23-22-15/h5-8,11,14,16H,4,9-10H2,1-3H3,(H,21,25). The highest BCUT2D eigenvalue weighted by Crippen LogP contribution is 2.36. The topological polar surface area (TPSA) is 75.2 Å². The summed E-state index contributed by atoms with van der Waals surface area (Å²) in [5.74, 6) is -0.469. The molecule has 2 aromatic rings. The van der Waals surface area contributed by atoms with Crippen molar-refractivity contribution < 1.29 is 9.59 Å². The maximum absolute atomic E-state index is 13.3. The van der Waals surface area contributed by atoms with Gasteiger partial charge in [0.1, 0.15) is 6.04 Å². The average molecular weight is 407 g/mol. The summed E-state index contributed by atoms with van der Waals surface area (Å²) in [7, 11) is 0. The van der Waals surface area contributed by atoms with Crippen LogP contribution in [0.4, 0.5) is 0 Å². The van der Waals surface area contributed by atoms with Crippen LogP contribution < -0.4 is 5.32 Å². The molecule has 2 amide bonds. The van der Waals surface area contributed by atoms with Crippen LogP contribution >= 0.6 is 23.1 Å². The Bertz CT molecular complexity index is 804. The lowest BCUT2D eigenvalue weighted by Gasteiger charge is -2.34. The zero-order valence-electron chi connectivity index (χ0n) is 15.6. The number of rotatable bonds is 7. The third-order valence-electron chi connectivity index (χ3n) is 4.81. The van der Waals surface area contributed by atoms with E-state index in [0.29, 0.717) is 5.02 Å². The Hall–Kier alpha value is -1.99. The molecule has 0 spiro atoms. The van der Waals surface area contributed by atoms with Crippen molar-refractivity contribution in [3.63, 3.8) is 0 Å². The number of aromatic nitrogens is 2. The van der Waals surface area contributed by atoms with Crippen molar-refractivity contribution in [1.29, 1.82) is 0 Å². The number of hydrogen-bond donors (Lipinski definition) is 1. The number of carbonyl (C=O) groups excluding carboxylic acids is 2. The minimum atomic E-state index is -0.741. The first kappa shape index (κ1) is 19.8. The minimum absolute atomic E-state index is 0.0235. The van der Waals surface area contributed by atoms with Gasteiger partial charge >= 0.3 is 0 Å². The predicted octanol–water partition coefficient (Wildman–Crippen LogP) is 3.84. The molecule has 1 aromatic heterocycles. The summed E-state index contributed by atoms with van der Waals surface area (Å²) in [6.45, 7) is 5.96. The first-order valence-corrected chi connectivity index (χ1v) is 10.2. The molecule has 1 aliphatic carbocycles. The molecule has 6 nitrogen and oxygen atoms in total. The van der Waals surface area contributed by atoms with Gasteiger partial charge in [0.05, 0.1) is 0 Å². The van der Waals surface area contributed by atoms with E-state index in [1.807, 2.05) is 20.8 Å². The van der Waals surface area contributed by atoms with Crippen molar-refractivity contribution in [3.05, 3.63) is 45.9 Å². The van der Waals surface area contributed by atoms with Gasteiger partial charge in [0.2, 0.25) is 5.91 Å². The Morgan fingerprint density at radius 1 is 1.33 bits per heavy atom. The van der Waals surface area contributed by atoms with Crippen LogP contribution in [-0.4, -0.2) is 37.9 Å². The molecule has 1 N–H and O–H groups in total. The van der Waals surface area contributed by atoms with Crippen LogP contribution in [0.2, 0.25) is 5.02 Å². The summed E-state index contributed by atoms with van der Waals surface area (Å²) < 4.78 is 3.79. The van der Waals surface area contributed by atoms with Crippen LogP contribution in [0.3, 0.4) is 0 Å². The van der Waals surface area contributed by atoms with Gasteiger partial charge in [0, 0.05) is 22.0 Å². The quantitative estimate of drug-likeness (QED) is 0.757. The van der Waals surface area contributed by atoms with Gasteiger partial charge in [0.25, 0.3) is 5.91 Å². The fourth-order valence-electron chi connectivity index (χ4n) is 2.81. The molecule has 3 rings (SSSR count). The van der Waals surface area contributed by atoms with Crippen LogP contribution in [0, 0.1) is 0 Å². The van der Waals surface area contributed by atoms with Gasteiger partial charge in [0.15, 0.2) is 5.69 Å². The molecular formula is C19H23ClN4O2S. The highest BCUT2D eigenvalue weighted by Gasteiger charge is 2.43. The van der Waals surface area contributed by atoms with E-state index in [2.05, 4.69) is 14.9 Å². The molecular weight excluding hydrogens is 384 g/mol. The Balaban J connectivity index is 2.00. The number of benzene rings is 1. The lowest BCUT2D eigenvalue weighted by atomic mass is 9.98. The zero-order valence-corrected chi connectivity index (χ0v) is 17.2. The summed E-state index contributed by atoms with van der Waals surface area (Å²) in [6.07, 6.45) is 2.52. The molecule has 144 valence electrons. The van der Waals surface area contributed by atoms with Crippen molar-refractivity contribution in [1.82, 2.24) is 19.8 Å². The predicted molar refractivity (Wildman–Crippen MR) is 106 cm³/mol. The third kappa shape index (κ3) is 4.65. The number of halogens is 1. The first-order valence-electron chi connectivity index (χ1n) is 8.99. The maximum Gasteiger partial charge on any atom is 0.276 e. The molecule has 1 aliphatic rings. The number of amides is 2. The summed E-state index contributed by atoms with van der Waals surface area (Å²) in [6, 6.07) is 6.36. The van der Waals surface area contributed by atoms with Crippen molar-refractivity contribution in [2.75, 3.05) is 0 Å². The lowest BCUT2D eigenvalue weighted by Crippen LogP contribution is -2.51. The second-order valence-electron chi connectivity index (χ2n) is 7.41. The Labute approximate surface area is 168 Å². The van der Waals surface area contributed by atoms with Gasteiger partial charge in [-0.25, -0.2) is 0 Å². The van der Waals surface area contributed by atoms with E-state index in [4.69, 9.17) is 11.6 Å². The molecule has 1 unspecified atom stereocenters. The lowest BCUT2D eigenvalue weighted by molar-refractivity contribution is -0.127. The largest absolute Gasteiger partial charge is 0.349 e. The minimum Gasteiger partial charge on any atom is -0.349 e. The molecule has 1 atom stereocenters. The van der Waals surface area contributed by atoms with Crippen molar-refractivity contribution in [2.45, 2.75) is 57.7 Å². The number of carbonyl (C=O) groups is 2. The Kier molecular flexibility index (Phi) is 5.81. The van der Waals surface area contributed by atoms with Gasteiger partial charge in [-0.3, -0.25) is 9.59 Å². The van der Waals surface area contributed by atoms with Crippen LogP contribution in [0.15, 0.2) is 29.6 Å². The summed E-state index contributed by atoms with van der Waals surface area (Å²) in [4.78, 5) is 28.1. The molecule has 0 saturated heterocycles. The maximum atomic E-state index is 13.3. The van der Waals surface area contributed by atoms with Crippen molar-refractivity contribution in [3.8, 4) is 0 Å². The van der Waals surface area contributed by atoms with E-state index in [1.54, 1.807) is 34.5 Å². The smallest absolute Gasteiger partial charge is 0.276 e. The van der Waals surface area contributed by atoms with Crippen LogP contribution in [0.25, 0.3) is 0 Å². The van der Waals surface area contributed by atoms with Crippen molar-refractivity contribution >= 4 is 34.9 Å². The normalized spacial score (nSPS) is 15.3. The molecule has 8 heteroatoms. The Morgan fingerprint density at radius 2 is 2.00 bits per heavy atom. The summed E-state index contributed by atoms with van der Waals surface area (Å²) in [5.41, 5.74) is 0.628. The molecule has 27 heavy (non-hydrogen) atoms. The van der Waals surface area contributed by atoms with E-state index < -0.39 is 6.04 Å². The average Bonchev–Trinajstić information content (AvgIpc) is 3.31. The highest BCUT2D eigenvalue weighted by atomic mass is 35.5. The molecule has 0 radical (unpaired) electrons. The van der Waals surface area contributed by atoms with Gasteiger partial charge in [-0.05, 0) is 62.3 Å². The van der Waals surface area contributed by atoms with Gasteiger partial charge in [-0.15, -0.1) is 5.10 Å². The molecule has 1 heterocycles. The second kappa shape index (κ2) is 7.94. The second-order valence-corrected chi connectivity index (χ2v) is 8.46. The number of nitrogens with one attached hydrogen (secondary N) is 1. The first-order chi connectivity index (χ1) is 12.8. The molecule has 1 aromatic carbocycles. The van der Waals surface area contributed by atoms with Crippen LogP contribution in [0.1, 0.15) is 62.1 Å². The van der Waals surface area contributed by atoms with Crippen molar-refractivity contribution in [2.24, 2.45) is 0 Å². The monoisotopic (exact) mass is 406 g/mol. The van der Waals surface area contributed by atoms with E-state index in [1.165, 1.54) is 0 Å². The van der Waals surface area contributed by atoms with Gasteiger partial charge in [-0.2, -0.15) is 0 Å². The Morgan fingerprint density at radius 3 is 2.52 bits per heavy atom. The molecule has 0 bridgehead atoms. The van der Waals surface area contributed by atoms with Crippen LogP contribution in [0.5, 0.6) is 0 Å². The van der Waals surface area contributed by atoms with E-state index in [0.717, 1.165) is 36.4 Å². The zero-order chi connectivity index (χ0) is 19.6.